The highest BCUT2D eigenvalue weighted by atomic mass is 16.5. The number of carbonyl (C=O) groups is 1. The van der Waals surface area contributed by atoms with Crippen LogP contribution in [0.4, 0.5) is 10.5 Å². The molecule has 1 aromatic carbocycles. The Labute approximate surface area is 110 Å². The quantitative estimate of drug-likeness (QED) is 0.490. The zero-order chi connectivity index (χ0) is 14.7. The van der Waals surface area contributed by atoms with Gasteiger partial charge in [-0.2, -0.15) is 0 Å². The Kier molecular flexibility index (Phi) is 4.84. The molecule has 0 radical (unpaired) electrons. The standard InChI is InChI=1S/C12H18N2O5/c1-6(2)14(12(13)19)7-3-4-8(10(15)16)9(5-7)11(17)18/h3-6,10-11,15-18H,1-2H3,(H2,13,19). The third kappa shape index (κ3) is 3.42. The number of aliphatic hydroxyl groups excluding tert-OH is 2. The summed E-state index contributed by atoms with van der Waals surface area (Å²) in [6.07, 6.45) is -3.73. The number of hydrogen-bond acceptors (Lipinski definition) is 5. The second kappa shape index (κ2) is 5.98. The average Bonchev–Trinajstić information content (AvgIpc) is 2.27. The van der Waals surface area contributed by atoms with E-state index in [0.29, 0.717) is 5.69 Å². The molecule has 0 saturated carbocycles. The van der Waals surface area contributed by atoms with Gasteiger partial charge in [0.05, 0.1) is 0 Å². The molecule has 0 aliphatic carbocycles. The van der Waals surface area contributed by atoms with Crippen molar-refractivity contribution in [1.29, 1.82) is 0 Å². The van der Waals surface area contributed by atoms with E-state index < -0.39 is 18.6 Å². The maximum absolute atomic E-state index is 11.4. The van der Waals surface area contributed by atoms with Crippen LogP contribution in [0, 0.1) is 0 Å². The number of anilines is 1. The van der Waals surface area contributed by atoms with Gasteiger partial charge in [0.1, 0.15) is 0 Å². The Morgan fingerprint density at radius 2 is 1.63 bits per heavy atom. The monoisotopic (exact) mass is 270 g/mol. The van der Waals surface area contributed by atoms with Crippen molar-refractivity contribution in [2.45, 2.75) is 32.5 Å². The smallest absolute Gasteiger partial charge is 0.319 e. The highest BCUT2D eigenvalue weighted by molar-refractivity contribution is 5.91. The Morgan fingerprint density at radius 3 is 2.00 bits per heavy atom. The first-order chi connectivity index (χ1) is 8.75. The summed E-state index contributed by atoms with van der Waals surface area (Å²) < 4.78 is 0. The zero-order valence-electron chi connectivity index (χ0n) is 10.7. The molecule has 0 aliphatic rings. The zero-order valence-corrected chi connectivity index (χ0v) is 10.7. The molecule has 6 N–H and O–H groups in total. The number of nitrogens with zero attached hydrogens (tertiary/aromatic N) is 1. The average molecular weight is 270 g/mol. The van der Waals surface area contributed by atoms with E-state index in [9.17, 15) is 15.0 Å². The van der Waals surface area contributed by atoms with Gasteiger partial charge in [0.15, 0.2) is 12.6 Å². The Balaban J connectivity index is 3.32. The number of nitrogens with two attached hydrogens (primary N) is 1. The van der Waals surface area contributed by atoms with Gasteiger partial charge in [0, 0.05) is 22.9 Å². The van der Waals surface area contributed by atoms with Crippen molar-refractivity contribution in [3.63, 3.8) is 0 Å². The van der Waals surface area contributed by atoms with Gasteiger partial charge < -0.3 is 26.2 Å². The van der Waals surface area contributed by atoms with E-state index in [1.54, 1.807) is 13.8 Å². The van der Waals surface area contributed by atoms with Crippen molar-refractivity contribution in [3.05, 3.63) is 29.3 Å². The lowest BCUT2D eigenvalue weighted by Crippen LogP contribution is -2.41. The van der Waals surface area contributed by atoms with Gasteiger partial charge in [-0.3, -0.25) is 4.90 Å². The molecule has 0 fully saturated rings. The summed E-state index contributed by atoms with van der Waals surface area (Å²) in [5.74, 6) is 0. The van der Waals surface area contributed by atoms with Crippen LogP contribution in [0.3, 0.4) is 0 Å². The van der Waals surface area contributed by atoms with E-state index in [-0.39, 0.29) is 17.2 Å². The normalized spacial score (nSPS) is 11.4. The number of primary amides is 1. The summed E-state index contributed by atoms with van der Waals surface area (Å²) in [7, 11) is 0. The number of benzene rings is 1. The molecule has 1 aromatic rings. The molecule has 7 nitrogen and oxygen atoms in total. The minimum absolute atomic E-state index is 0.0491. The second-order valence-electron chi connectivity index (χ2n) is 4.36. The van der Waals surface area contributed by atoms with Gasteiger partial charge in [-0.05, 0) is 26.0 Å². The minimum Gasteiger partial charge on any atom is -0.364 e. The van der Waals surface area contributed by atoms with Crippen LogP contribution in [0.15, 0.2) is 18.2 Å². The molecule has 0 spiro atoms. The summed E-state index contributed by atoms with van der Waals surface area (Å²) in [4.78, 5) is 12.6. The van der Waals surface area contributed by atoms with Crippen LogP contribution in [-0.4, -0.2) is 32.5 Å². The topological polar surface area (TPSA) is 127 Å². The third-order valence-corrected chi connectivity index (χ3v) is 2.66. The van der Waals surface area contributed by atoms with E-state index in [2.05, 4.69) is 0 Å². The fraction of sp³-hybridized carbons (Fsp3) is 0.417. The van der Waals surface area contributed by atoms with Crippen LogP contribution in [0.5, 0.6) is 0 Å². The maximum Gasteiger partial charge on any atom is 0.319 e. The van der Waals surface area contributed by atoms with Gasteiger partial charge >= 0.3 is 6.03 Å². The summed E-state index contributed by atoms with van der Waals surface area (Å²) >= 11 is 0. The van der Waals surface area contributed by atoms with Crippen LogP contribution < -0.4 is 10.6 Å². The molecule has 0 atom stereocenters. The van der Waals surface area contributed by atoms with Crippen molar-refractivity contribution in [3.8, 4) is 0 Å². The number of rotatable bonds is 4. The van der Waals surface area contributed by atoms with E-state index in [0.717, 1.165) is 0 Å². The number of urea groups is 1. The third-order valence-electron chi connectivity index (χ3n) is 2.66. The van der Waals surface area contributed by atoms with Crippen LogP contribution in [0.2, 0.25) is 0 Å². The van der Waals surface area contributed by atoms with E-state index in [4.69, 9.17) is 15.9 Å². The number of hydrogen-bond donors (Lipinski definition) is 5. The fourth-order valence-corrected chi connectivity index (χ4v) is 1.85. The van der Waals surface area contributed by atoms with Crippen molar-refractivity contribution in [2.75, 3.05) is 4.90 Å². The molecular formula is C12H18N2O5. The molecule has 0 aliphatic heterocycles. The Hall–Kier alpha value is -1.67. The summed E-state index contributed by atoms with van der Waals surface area (Å²) in [6.45, 7) is 3.49. The van der Waals surface area contributed by atoms with E-state index in [1.807, 2.05) is 0 Å². The maximum atomic E-state index is 11.4. The van der Waals surface area contributed by atoms with Crippen LogP contribution >= 0.6 is 0 Å². The van der Waals surface area contributed by atoms with Crippen molar-refractivity contribution < 1.29 is 25.2 Å². The number of carbonyl (C=O) groups excluding carboxylic acids is 1. The highest BCUT2D eigenvalue weighted by Crippen LogP contribution is 2.27. The first-order valence-corrected chi connectivity index (χ1v) is 5.70. The van der Waals surface area contributed by atoms with Gasteiger partial charge in [-0.25, -0.2) is 4.79 Å². The van der Waals surface area contributed by atoms with Crippen molar-refractivity contribution in [1.82, 2.24) is 0 Å². The van der Waals surface area contributed by atoms with Crippen molar-refractivity contribution in [2.24, 2.45) is 5.73 Å². The molecule has 0 unspecified atom stereocenters. The van der Waals surface area contributed by atoms with Crippen molar-refractivity contribution >= 4 is 11.7 Å². The van der Waals surface area contributed by atoms with Gasteiger partial charge in [-0.1, -0.05) is 6.07 Å². The first kappa shape index (κ1) is 15.4. The molecule has 7 heteroatoms. The summed E-state index contributed by atoms with van der Waals surface area (Å²) in [6, 6.07) is 3.11. The summed E-state index contributed by atoms with van der Waals surface area (Å²) in [5.41, 5.74) is 5.45. The van der Waals surface area contributed by atoms with Crippen LogP contribution in [0.25, 0.3) is 0 Å². The second-order valence-corrected chi connectivity index (χ2v) is 4.36. The first-order valence-electron chi connectivity index (χ1n) is 5.70. The van der Waals surface area contributed by atoms with Crippen LogP contribution in [-0.2, 0) is 0 Å². The Morgan fingerprint density at radius 1 is 1.11 bits per heavy atom. The fourth-order valence-electron chi connectivity index (χ4n) is 1.85. The van der Waals surface area contributed by atoms with Gasteiger partial charge in [-0.15, -0.1) is 0 Å². The van der Waals surface area contributed by atoms with Gasteiger partial charge in [0.2, 0.25) is 0 Å². The number of amides is 2. The molecule has 19 heavy (non-hydrogen) atoms. The van der Waals surface area contributed by atoms with Gasteiger partial charge in [0.25, 0.3) is 0 Å². The molecule has 0 bridgehead atoms. The lowest BCUT2D eigenvalue weighted by atomic mass is 10.0. The molecule has 0 heterocycles. The molecule has 106 valence electrons. The highest BCUT2D eigenvalue weighted by Gasteiger charge is 2.21. The van der Waals surface area contributed by atoms with E-state index >= 15 is 0 Å². The predicted molar refractivity (Wildman–Crippen MR) is 68.0 cm³/mol. The lowest BCUT2D eigenvalue weighted by molar-refractivity contribution is -0.0634. The molecule has 2 amide bonds. The minimum atomic E-state index is -1.89. The van der Waals surface area contributed by atoms with E-state index in [1.165, 1.54) is 23.1 Å². The molecule has 1 rings (SSSR count). The summed E-state index contributed by atoms with van der Waals surface area (Å²) in [5, 5.41) is 36.7. The predicted octanol–water partition coefficient (Wildman–Crippen LogP) is -0.0535. The lowest BCUT2D eigenvalue weighted by Gasteiger charge is -2.26. The van der Waals surface area contributed by atoms with Crippen LogP contribution in [0.1, 0.15) is 37.6 Å². The number of aliphatic hydroxyl groups is 4. The molecule has 0 aromatic heterocycles. The largest absolute Gasteiger partial charge is 0.364 e. The Bertz CT molecular complexity index is 459. The molecular weight excluding hydrogens is 252 g/mol. The SMILES string of the molecule is CC(C)N(C(N)=O)c1ccc(C(O)O)c(C(O)O)c1. The molecule has 0 saturated heterocycles.